The van der Waals surface area contributed by atoms with Gasteiger partial charge in [-0.05, 0) is 24.3 Å². The van der Waals surface area contributed by atoms with Crippen LogP contribution in [0.1, 0.15) is 5.69 Å². The van der Waals surface area contributed by atoms with E-state index < -0.39 is 0 Å². The number of morpholine rings is 1. The molecule has 0 amide bonds. The first-order chi connectivity index (χ1) is 9.31. The van der Waals surface area contributed by atoms with E-state index in [1.807, 2.05) is 30.5 Å². The molecular formula is C13H15ClN4O. The van der Waals surface area contributed by atoms with Crippen LogP contribution in [-0.4, -0.2) is 46.2 Å². The molecule has 100 valence electrons. The summed E-state index contributed by atoms with van der Waals surface area (Å²) in [5.41, 5.74) is 1.93. The molecule has 0 unspecified atom stereocenters. The monoisotopic (exact) mass is 278 g/mol. The second-order valence-corrected chi connectivity index (χ2v) is 4.96. The van der Waals surface area contributed by atoms with Crippen molar-refractivity contribution >= 4 is 11.6 Å². The van der Waals surface area contributed by atoms with Crippen molar-refractivity contribution in [2.24, 2.45) is 0 Å². The largest absolute Gasteiger partial charge is 0.379 e. The molecule has 1 aliphatic rings. The lowest BCUT2D eigenvalue weighted by atomic mass is 10.3. The van der Waals surface area contributed by atoms with E-state index in [4.69, 9.17) is 16.3 Å². The average molecular weight is 279 g/mol. The maximum Gasteiger partial charge on any atom is 0.0971 e. The molecule has 6 heteroatoms. The Kier molecular flexibility index (Phi) is 3.77. The minimum Gasteiger partial charge on any atom is -0.379 e. The molecule has 19 heavy (non-hydrogen) atoms. The topological polar surface area (TPSA) is 43.2 Å². The first-order valence-corrected chi connectivity index (χ1v) is 6.66. The molecule has 0 spiro atoms. The third kappa shape index (κ3) is 3.12. The Labute approximate surface area is 116 Å². The minimum absolute atomic E-state index is 0.720. The van der Waals surface area contributed by atoms with Crippen molar-refractivity contribution in [1.82, 2.24) is 19.9 Å². The van der Waals surface area contributed by atoms with Crippen LogP contribution < -0.4 is 0 Å². The fourth-order valence-electron chi connectivity index (χ4n) is 2.08. The normalized spacial score (nSPS) is 16.7. The maximum absolute atomic E-state index is 5.87. The third-order valence-electron chi connectivity index (χ3n) is 3.12. The van der Waals surface area contributed by atoms with E-state index in [-0.39, 0.29) is 0 Å². The van der Waals surface area contributed by atoms with Crippen LogP contribution in [-0.2, 0) is 11.3 Å². The molecule has 2 aromatic rings. The minimum atomic E-state index is 0.720. The molecule has 3 rings (SSSR count). The van der Waals surface area contributed by atoms with E-state index in [0.29, 0.717) is 0 Å². The Bertz CT molecular complexity index is 534. The first kappa shape index (κ1) is 12.6. The van der Waals surface area contributed by atoms with Crippen LogP contribution in [0.15, 0.2) is 30.5 Å². The Morgan fingerprint density at radius 3 is 2.63 bits per heavy atom. The molecule has 0 saturated carbocycles. The second-order valence-electron chi connectivity index (χ2n) is 4.52. The van der Waals surface area contributed by atoms with E-state index in [9.17, 15) is 0 Å². The van der Waals surface area contributed by atoms with Crippen LogP contribution in [0.5, 0.6) is 0 Å². The van der Waals surface area contributed by atoms with Crippen molar-refractivity contribution in [1.29, 1.82) is 0 Å². The van der Waals surface area contributed by atoms with E-state index in [0.717, 1.165) is 49.3 Å². The molecular weight excluding hydrogens is 264 g/mol. The van der Waals surface area contributed by atoms with Gasteiger partial charge in [0.15, 0.2) is 0 Å². The number of hydrogen-bond donors (Lipinski definition) is 0. The lowest BCUT2D eigenvalue weighted by Gasteiger charge is -2.25. The molecule has 1 aromatic carbocycles. The molecule has 2 heterocycles. The van der Waals surface area contributed by atoms with Crippen molar-refractivity contribution in [3.05, 3.63) is 41.2 Å². The van der Waals surface area contributed by atoms with Crippen molar-refractivity contribution in [2.75, 3.05) is 26.3 Å². The zero-order valence-electron chi connectivity index (χ0n) is 10.5. The molecule has 0 atom stereocenters. The average Bonchev–Trinajstić information content (AvgIpc) is 2.89. The molecule has 0 aliphatic carbocycles. The van der Waals surface area contributed by atoms with Gasteiger partial charge in [-0.15, -0.1) is 5.10 Å². The van der Waals surface area contributed by atoms with Gasteiger partial charge in [0.25, 0.3) is 0 Å². The second kappa shape index (κ2) is 5.69. The van der Waals surface area contributed by atoms with Gasteiger partial charge >= 0.3 is 0 Å². The summed E-state index contributed by atoms with van der Waals surface area (Å²) in [6, 6.07) is 7.55. The first-order valence-electron chi connectivity index (χ1n) is 6.28. The van der Waals surface area contributed by atoms with Gasteiger partial charge in [0, 0.05) is 24.7 Å². The van der Waals surface area contributed by atoms with Crippen LogP contribution in [0.25, 0.3) is 5.69 Å². The fraction of sp³-hybridized carbons (Fsp3) is 0.385. The molecule has 0 bridgehead atoms. The molecule has 1 aliphatic heterocycles. The lowest BCUT2D eigenvalue weighted by molar-refractivity contribution is 0.0336. The Morgan fingerprint density at radius 1 is 1.16 bits per heavy atom. The quantitative estimate of drug-likeness (QED) is 0.858. The summed E-state index contributed by atoms with van der Waals surface area (Å²) in [6.07, 6.45) is 1.96. The highest BCUT2D eigenvalue weighted by atomic mass is 35.5. The third-order valence-corrected chi connectivity index (χ3v) is 3.37. The van der Waals surface area contributed by atoms with E-state index in [1.54, 1.807) is 4.68 Å². The van der Waals surface area contributed by atoms with Gasteiger partial charge in [0.1, 0.15) is 0 Å². The number of aromatic nitrogens is 3. The smallest absolute Gasteiger partial charge is 0.0971 e. The van der Waals surface area contributed by atoms with Gasteiger partial charge in [0.05, 0.1) is 30.8 Å². The molecule has 0 N–H and O–H groups in total. The summed E-state index contributed by atoms with van der Waals surface area (Å²) in [6.45, 7) is 4.31. The van der Waals surface area contributed by atoms with Gasteiger partial charge in [0.2, 0.25) is 0 Å². The summed E-state index contributed by atoms with van der Waals surface area (Å²) < 4.78 is 7.10. The van der Waals surface area contributed by atoms with Crippen molar-refractivity contribution in [3.63, 3.8) is 0 Å². The van der Waals surface area contributed by atoms with Crippen molar-refractivity contribution < 1.29 is 4.74 Å². The molecule has 0 radical (unpaired) electrons. The van der Waals surface area contributed by atoms with Crippen LogP contribution >= 0.6 is 11.6 Å². The molecule has 1 aromatic heterocycles. The summed E-state index contributed by atoms with van der Waals surface area (Å²) >= 11 is 5.87. The molecule has 1 saturated heterocycles. The van der Waals surface area contributed by atoms with Crippen LogP contribution in [0, 0.1) is 0 Å². The number of rotatable bonds is 3. The van der Waals surface area contributed by atoms with E-state index in [1.165, 1.54) is 0 Å². The maximum atomic E-state index is 5.87. The summed E-state index contributed by atoms with van der Waals surface area (Å²) in [5.74, 6) is 0. The number of nitrogens with zero attached hydrogens (tertiary/aromatic N) is 4. The number of halogens is 1. The number of ether oxygens (including phenoxy) is 1. The van der Waals surface area contributed by atoms with Crippen LogP contribution in [0.4, 0.5) is 0 Å². The predicted molar refractivity (Wildman–Crippen MR) is 72.5 cm³/mol. The lowest BCUT2D eigenvalue weighted by Crippen LogP contribution is -2.35. The zero-order valence-corrected chi connectivity index (χ0v) is 11.3. The molecule has 5 nitrogen and oxygen atoms in total. The van der Waals surface area contributed by atoms with Gasteiger partial charge in [-0.1, -0.05) is 16.8 Å². The van der Waals surface area contributed by atoms with Gasteiger partial charge in [-0.2, -0.15) is 0 Å². The zero-order chi connectivity index (χ0) is 13.1. The summed E-state index contributed by atoms with van der Waals surface area (Å²) in [5, 5.41) is 9.07. The Morgan fingerprint density at radius 2 is 1.89 bits per heavy atom. The highest BCUT2D eigenvalue weighted by Crippen LogP contribution is 2.13. The van der Waals surface area contributed by atoms with Gasteiger partial charge < -0.3 is 4.74 Å². The standard InChI is InChI=1S/C13H15ClN4O/c14-11-1-3-13(4-2-11)18-10-12(15-16-18)9-17-5-7-19-8-6-17/h1-4,10H,5-9H2. The SMILES string of the molecule is Clc1ccc(-n2cc(CN3CCOCC3)nn2)cc1. The highest BCUT2D eigenvalue weighted by Gasteiger charge is 2.12. The summed E-state index contributed by atoms with van der Waals surface area (Å²) in [4.78, 5) is 2.32. The van der Waals surface area contributed by atoms with Crippen LogP contribution in [0.3, 0.4) is 0 Å². The van der Waals surface area contributed by atoms with E-state index in [2.05, 4.69) is 15.2 Å². The van der Waals surface area contributed by atoms with E-state index >= 15 is 0 Å². The van der Waals surface area contributed by atoms with Gasteiger partial charge in [-0.3, -0.25) is 4.90 Å². The predicted octanol–water partition coefficient (Wildman–Crippen LogP) is 1.75. The van der Waals surface area contributed by atoms with Crippen LogP contribution in [0.2, 0.25) is 5.02 Å². The Balaban J connectivity index is 1.70. The highest BCUT2D eigenvalue weighted by molar-refractivity contribution is 6.30. The number of benzene rings is 1. The summed E-state index contributed by atoms with van der Waals surface area (Å²) in [7, 11) is 0. The van der Waals surface area contributed by atoms with Gasteiger partial charge in [-0.25, -0.2) is 4.68 Å². The van der Waals surface area contributed by atoms with Crippen molar-refractivity contribution in [2.45, 2.75) is 6.54 Å². The Hall–Kier alpha value is -1.43. The fourth-order valence-corrected chi connectivity index (χ4v) is 2.21. The van der Waals surface area contributed by atoms with Crippen molar-refractivity contribution in [3.8, 4) is 5.69 Å². The number of hydrogen-bond acceptors (Lipinski definition) is 4. The molecule has 1 fully saturated rings.